The minimum absolute atomic E-state index is 0.136. The number of hydrogen-bond donors (Lipinski definition) is 0. The molecule has 19 heavy (non-hydrogen) atoms. The molecule has 1 atom stereocenters. The van der Waals surface area contributed by atoms with Crippen LogP contribution in [0.25, 0.3) is 0 Å². The van der Waals surface area contributed by atoms with Crippen molar-refractivity contribution in [1.82, 2.24) is 0 Å². The van der Waals surface area contributed by atoms with Gasteiger partial charge in [-0.05, 0) is 56.3 Å². The normalized spacial score (nSPS) is 71.5. The molecular weight excluding hydrogens is 271 g/mol. The molecule has 8 aliphatic rings. The zero-order chi connectivity index (χ0) is 12.5. The molecule has 0 aromatic rings. The predicted octanol–water partition coefficient (Wildman–Crippen LogP) is 2.70. The van der Waals surface area contributed by atoms with Crippen molar-refractivity contribution in [2.45, 2.75) is 50.3 Å². The van der Waals surface area contributed by atoms with Crippen LogP contribution in [-0.2, 0) is 27.9 Å². The lowest BCUT2D eigenvalue weighted by molar-refractivity contribution is -0.688. The maximum atomic E-state index is 12.0. The van der Waals surface area contributed by atoms with E-state index in [-0.39, 0.29) is 5.41 Å². The first-order valence-electron chi connectivity index (χ1n) is 7.15. The third kappa shape index (κ3) is 0.945. The highest BCUT2D eigenvalue weighted by Crippen LogP contribution is 2.87. The summed E-state index contributed by atoms with van der Waals surface area (Å²) in [4.78, 5) is 10.4. The van der Waals surface area contributed by atoms with Crippen molar-refractivity contribution in [2.24, 2.45) is 23.2 Å². The molecule has 0 amide bonds. The van der Waals surface area contributed by atoms with E-state index in [9.17, 15) is 4.57 Å². The highest BCUT2D eigenvalue weighted by Gasteiger charge is 2.94. The molecule has 4 aliphatic heterocycles. The van der Waals surface area contributed by atoms with Crippen LogP contribution in [0.1, 0.15) is 38.5 Å². The molecule has 8 rings (SSSR count). The topological polar surface area (TPSA) is 63.2 Å². The van der Waals surface area contributed by atoms with Crippen molar-refractivity contribution in [1.29, 1.82) is 0 Å². The molecule has 1 spiro atoms. The van der Waals surface area contributed by atoms with Gasteiger partial charge in [-0.3, -0.25) is 0 Å². The van der Waals surface area contributed by atoms with Crippen LogP contribution in [0, 0.1) is 23.2 Å². The van der Waals surface area contributed by atoms with Gasteiger partial charge in [0, 0.05) is 5.41 Å². The van der Waals surface area contributed by atoms with E-state index in [2.05, 4.69) is 0 Å². The van der Waals surface area contributed by atoms with Gasteiger partial charge in [-0.2, -0.15) is 9.78 Å². The lowest BCUT2D eigenvalue weighted by Gasteiger charge is -2.63. The Morgan fingerprint density at radius 3 is 1.84 bits per heavy atom. The molecular formula is C12H15O6P. The molecule has 4 heterocycles. The van der Waals surface area contributed by atoms with Gasteiger partial charge in [-0.1, -0.05) is 0 Å². The van der Waals surface area contributed by atoms with E-state index in [0.717, 1.165) is 37.0 Å². The van der Waals surface area contributed by atoms with E-state index in [4.69, 9.17) is 23.3 Å². The van der Waals surface area contributed by atoms with E-state index < -0.39 is 19.6 Å². The van der Waals surface area contributed by atoms with Crippen LogP contribution in [0.2, 0.25) is 0 Å². The van der Waals surface area contributed by atoms with E-state index >= 15 is 0 Å². The fourth-order valence-electron chi connectivity index (χ4n) is 5.93. The number of hydrogen-bond acceptors (Lipinski definition) is 6. The van der Waals surface area contributed by atoms with Gasteiger partial charge in [-0.15, -0.1) is 0 Å². The molecule has 1 unspecified atom stereocenters. The third-order valence-electron chi connectivity index (χ3n) is 6.11. The van der Waals surface area contributed by atoms with Crippen molar-refractivity contribution in [3.8, 4) is 0 Å². The van der Waals surface area contributed by atoms with Crippen molar-refractivity contribution < 1.29 is 27.9 Å². The number of rotatable bonds is 1. The molecule has 104 valence electrons. The molecule has 0 N–H and O–H groups in total. The van der Waals surface area contributed by atoms with E-state index in [0.29, 0.717) is 0 Å². The Morgan fingerprint density at radius 2 is 1.42 bits per heavy atom. The summed E-state index contributed by atoms with van der Waals surface area (Å²) in [5.41, 5.74) is -0.136. The first-order chi connectivity index (χ1) is 9.06. The first-order valence-corrected chi connectivity index (χ1v) is 8.61. The minimum atomic E-state index is -3.40. The lowest BCUT2D eigenvalue weighted by atomic mass is 9.47. The Morgan fingerprint density at radius 1 is 0.842 bits per heavy atom. The van der Waals surface area contributed by atoms with Crippen LogP contribution in [0.4, 0.5) is 0 Å². The average molecular weight is 286 g/mol. The van der Waals surface area contributed by atoms with E-state index in [1.54, 1.807) is 0 Å². The van der Waals surface area contributed by atoms with Gasteiger partial charge in [0.05, 0.1) is 0 Å². The quantitative estimate of drug-likeness (QED) is 0.545. The standard InChI is InChI=1S/C12H15O6P/c13-19-16-11(12(17-19,18-19)15-14-11)10-4-7-1-8(5-10)3-9(2-7)6-10/h7-9H,1-6H2. The Hall–Kier alpha value is 0.0300. The highest BCUT2D eigenvalue weighted by atomic mass is 31.2. The Kier molecular flexibility index (Phi) is 1.52. The summed E-state index contributed by atoms with van der Waals surface area (Å²) in [7, 11) is -3.40. The number of phosphoric acid groups is 1. The van der Waals surface area contributed by atoms with Gasteiger partial charge in [0.15, 0.2) is 0 Å². The second-order valence-electron chi connectivity index (χ2n) is 7.26. The summed E-state index contributed by atoms with van der Waals surface area (Å²) in [5, 5.41) is 0. The summed E-state index contributed by atoms with van der Waals surface area (Å²) in [6.45, 7) is 0. The fraction of sp³-hybridized carbons (Fsp3) is 1.00. The van der Waals surface area contributed by atoms with Crippen molar-refractivity contribution in [3.63, 3.8) is 0 Å². The van der Waals surface area contributed by atoms with Crippen molar-refractivity contribution in [2.75, 3.05) is 0 Å². The minimum Gasteiger partial charge on any atom is -0.241 e. The van der Waals surface area contributed by atoms with E-state index in [1.807, 2.05) is 0 Å². The predicted molar refractivity (Wildman–Crippen MR) is 59.1 cm³/mol. The third-order valence-corrected chi connectivity index (χ3v) is 7.52. The van der Waals surface area contributed by atoms with Crippen molar-refractivity contribution >= 4 is 7.82 Å². The molecule has 4 saturated carbocycles. The molecule has 8 fully saturated rings. The molecule has 4 saturated heterocycles. The van der Waals surface area contributed by atoms with Crippen LogP contribution >= 0.6 is 7.82 Å². The zero-order valence-corrected chi connectivity index (χ0v) is 11.3. The molecule has 4 aliphatic carbocycles. The van der Waals surface area contributed by atoms with Crippen LogP contribution in [-0.4, -0.2) is 11.8 Å². The van der Waals surface area contributed by atoms with Gasteiger partial charge in [0.2, 0.25) is 0 Å². The molecule has 6 nitrogen and oxygen atoms in total. The number of phosphoric ester groups is 1. The summed E-state index contributed by atoms with van der Waals surface area (Å²) in [6.07, 6.45) is 7.12. The summed E-state index contributed by atoms with van der Waals surface area (Å²) >= 11 is 0. The SMILES string of the molecule is O=P12OC3(OOC3(C34CC5CC(CC(C5)C3)C4)O1)O2. The maximum absolute atomic E-state index is 12.0. The Balaban J connectivity index is 1.50. The monoisotopic (exact) mass is 286 g/mol. The molecule has 0 aromatic heterocycles. The van der Waals surface area contributed by atoms with Gasteiger partial charge >= 0.3 is 19.6 Å². The van der Waals surface area contributed by atoms with Gasteiger partial charge < -0.3 is 0 Å². The second kappa shape index (κ2) is 2.70. The smallest absolute Gasteiger partial charge is 0.241 e. The van der Waals surface area contributed by atoms with Crippen LogP contribution < -0.4 is 0 Å². The molecule has 0 radical (unpaired) electrons. The summed E-state index contributed by atoms with van der Waals surface area (Å²) in [5.74, 6) is -0.169. The Labute approximate surface area is 110 Å². The maximum Gasteiger partial charge on any atom is 0.487 e. The van der Waals surface area contributed by atoms with Crippen LogP contribution in [0.3, 0.4) is 0 Å². The fourth-order valence-corrected chi connectivity index (χ4v) is 7.56. The van der Waals surface area contributed by atoms with Crippen LogP contribution in [0.5, 0.6) is 0 Å². The zero-order valence-electron chi connectivity index (χ0n) is 10.4. The Bertz CT molecular complexity index is 501. The molecule has 0 aromatic carbocycles. The second-order valence-corrected chi connectivity index (χ2v) is 8.70. The summed E-state index contributed by atoms with van der Waals surface area (Å²) < 4.78 is 28.2. The van der Waals surface area contributed by atoms with Gasteiger partial charge in [0.1, 0.15) is 0 Å². The molecule has 7 heteroatoms. The summed E-state index contributed by atoms with van der Waals surface area (Å²) in [6, 6.07) is 0. The largest absolute Gasteiger partial charge is 0.487 e. The first kappa shape index (κ1) is 10.7. The van der Waals surface area contributed by atoms with Crippen molar-refractivity contribution in [3.05, 3.63) is 0 Å². The highest BCUT2D eigenvalue weighted by molar-refractivity contribution is 7.50. The van der Waals surface area contributed by atoms with Gasteiger partial charge in [0.25, 0.3) is 0 Å². The average Bonchev–Trinajstić information content (AvgIpc) is 2.55. The van der Waals surface area contributed by atoms with Crippen LogP contribution in [0.15, 0.2) is 0 Å². The molecule has 6 bridgehead atoms. The lowest BCUT2D eigenvalue weighted by Crippen LogP contribution is -2.75. The van der Waals surface area contributed by atoms with E-state index in [1.165, 1.54) is 19.3 Å². The van der Waals surface area contributed by atoms with Gasteiger partial charge in [-0.25, -0.2) is 18.1 Å².